The SMILES string of the molecule is COCC1(CNc2ncccc2C(F)(F)F)CCCN1. The molecule has 1 aliphatic rings. The Hall–Kier alpha value is -1.34. The van der Waals surface area contributed by atoms with Gasteiger partial charge in [0.2, 0.25) is 0 Å². The Kier molecular flexibility index (Phi) is 4.49. The Morgan fingerprint density at radius 3 is 2.90 bits per heavy atom. The van der Waals surface area contributed by atoms with Crippen LogP contribution in [0.4, 0.5) is 19.0 Å². The third-order valence-electron chi connectivity index (χ3n) is 3.46. The van der Waals surface area contributed by atoms with E-state index >= 15 is 0 Å². The first-order chi connectivity index (χ1) is 9.47. The van der Waals surface area contributed by atoms with Gasteiger partial charge in [-0.15, -0.1) is 0 Å². The van der Waals surface area contributed by atoms with Crippen LogP contribution in [0, 0.1) is 0 Å². The predicted octanol–water partition coefficient (Wildman–Crippen LogP) is 2.28. The van der Waals surface area contributed by atoms with E-state index in [4.69, 9.17) is 4.74 Å². The summed E-state index contributed by atoms with van der Waals surface area (Å²) in [6.07, 6.45) is -1.21. The van der Waals surface area contributed by atoms with E-state index < -0.39 is 11.7 Å². The summed E-state index contributed by atoms with van der Waals surface area (Å²) >= 11 is 0. The third-order valence-corrected chi connectivity index (χ3v) is 3.46. The molecule has 1 atom stereocenters. The van der Waals surface area contributed by atoms with Crippen LogP contribution in [0.1, 0.15) is 18.4 Å². The van der Waals surface area contributed by atoms with Gasteiger partial charge in [-0.1, -0.05) is 0 Å². The Balaban J connectivity index is 2.10. The Labute approximate surface area is 115 Å². The van der Waals surface area contributed by atoms with Crippen LogP contribution in [0.3, 0.4) is 0 Å². The molecule has 1 fully saturated rings. The second-order valence-corrected chi connectivity index (χ2v) is 4.99. The van der Waals surface area contributed by atoms with Crippen molar-refractivity contribution in [2.24, 2.45) is 0 Å². The zero-order valence-corrected chi connectivity index (χ0v) is 11.3. The van der Waals surface area contributed by atoms with Crippen molar-refractivity contribution >= 4 is 5.82 Å². The maximum Gasteiger partial charge on any atom is 0.419 e. The van der Waals surface area contributed by atoms with E-state index in [-0.39, 0.29) is 11.4 Å². The summed E-state index contributed by atoms with van der Waals surface area (Å²) in [5, 5.41) is 6.12. The zero-order chi connectivity index (χ0) is 14.6. The molecule has 2 rings (SSSR count). The van der Waals surface area contributed by atoms with Crippen molar-refractivity contribution < 1.29 is 17.9 Å². The van der Waals surface area contributed by atoms with Gasteiger partial charge >= 0.3 is 6.18 Å². The van der Waals surface area contributed by atoms with Gasteiger partial charge in [0.05, 0.1) is 17.7 Å². The van der Waals surface area contributed by atoms with Crippen molar-refractivity contribution in [2.75, 3.05) is 32.1 Å². The number of anilines is 1. The van der Waals surface area contributed by atoms with Gasteiger partial charge in [0, 0.05) is 19.9 Å². The van der Waals surface area contributed by atoms with Gasteiger partial charge in [0.1, 0.15) is 5.82 Å². The molecule has 0 bridgehead atoms. The molecule has 1 aliphatic heterocycles. The molecule has 0 aliphatic carbocycles. The minimum absolute atomic E-state index is 0.135. The molecule has 4 nitrogen and oxygen atoms in total. The number of aromatic nitrogens is 1. The quantitative estimate of drug-likeness (QED) is 0.873. The summed E-state index contributed by atoms with van der Waals surface area (Å²) < 4.78 is 43.8. The molecule has 1 aromatic rings. The first-order valence-corrected chi connectivity index (χ1v) is 6.47. The summed E-state index contributed by atoms with van der Waals surface area (Å²) in [7, 11) is 1.59. The van der Waals surface area contributed by atoms with Gasteiger partial charge in [-0.05, 0) is 31.5 Å². The second-order valence-electron chi connectivity index (χ2n) is 4.99. The van der Waals surface area contributed by atoms with Crippen molar-refractivity contribution in [3.63, 3.8) is 0 Å². The molecule has 0 aromatic carbocycles. The van der Waals surface area contributed by atoms with Crippen LogP contribution < -0.4 is 10.6 Å². The van der Waals surface area contributed by atoms with Crippen LogP contribution in [0.15, 0.2) is 18.3 Å². The molecular weight excluding hydrogens is 271 g/mol. The molecular formula is C13H18F3N3O. The molecule has 7 heteroatoms. The highest BCUT2D eigenvalue weighted by atomic mass is 19.4. The molecule has 0 amide bonds. The number of alkyl halides is 3. The number of hydrogen-bond acceptors (Lipinski definition) is 4. The lowest BCUT2D eigenvalue weighted by Gasteiger charge is -2.29. The predicted molar refractivity (Wildman–Crippen MR) is 69.6 cm³/mol. The minimum atomic E-state index is -4.41. The Morgan fingerprint density at radius 1 is 1.50 bits per heavy atom. The van der Waals surface area contributed by atoms with Gasteiger partial charge in [0.25, 0.3) is 0 Å². The molecule has 112 valence electrons. The summed E-state index contributed by atoms with van der Waals surface area (Å²) in [6, 6.07) is 2.31. The molecule has 0 saturated carbocycles. The first-order valence-electron chi connectivity index (χ1n) is 6.47. The van der Waals surface area contributed by atoms with Gasteiger partial charge in [-0.2, -0.15) is 13.2 Å². The average molecular weight is 289 g/mol. The number of hydrogen-bond donors (Lipinski definition) is 2. The lowest BCUT2D eigenvalue weighted by molar-refractivity contribution is -0.137. The molecule has 0 radical (unpaired) electrons. The fraction of sp³-hybridized carbons (Fsp3) is 0.615. The molecule has 1 unspecified atom stereocenters. The van der Waals surface area contributed by atoms with Crippen LogP contribution in [0.2, 0.25) is 0 Å². The number of rotatable bonds is 5. The van der Waals surface area contributed by atoms with Crippen LogP contribution in [-0.4, -0.2) is 37.3 Å². The number of ether oxygens (including phenoxy) is 1. The van der Waals surface area contributed by atoms with E-state index in [1.807, 2.05) is 0 Å². The molecule has 2 heterocycles. The fourth-order valence-electron chi connectivity index (χ4n) is 2.50. The highest BCUT2D eigenvalue weighted by molar-refractivity contribution is 5.46. The topological polar surface area (TPSA) is 46.2 Å². The maximum atomic E-state index is 12.9. The van der Waals surface area contributed by atoms with Crippen LogP contribution in [-0.2, 0) is 10.9 Å². The summed E-state index contributed by atoms with van der Waals surface area (Å²) in [6.45, 7) is 1.65. The van der Waals surface area contributed by atoms with Crippen molar-refractivity contribution in [1.82, 2.24) is 10.3 Å². The van der Waals surface area contributed by atoms with Crippen molar-refractivity contribution in [2.45, 2.75) is 24.6 Å². The number of nitrogens with zero attached hydrogens (tertiary/aromatic N) is 1. The van der Waals surface area contributed by atoms with Gasteiger partial charge in [-0.3, -0.25) is 0 Å². The largest absolute Gasteiger partial charge is 0.419 e. The van der Waals surface area contributed by atoms with E-state index in [0.29, 0.717) is 13.2 Å². The Bertz CT molecular complexity index is 445. The van der Waals surface area contributed by atoms with E-state index in [1.54, 1.807) is 7.11 Å². The fourth-order valence-corrected chi connectivity index (χ4v) is 2.50. The standard InChI is InChI=1S/C13H18F3N3O/c1-20-9-12(5-3-7-19-12)8-18-11-10(13(14,15)16)4-2-6-17-11/h2,4,6,19H,3,5,7-9H2,1H3,(H,17,18). The number of nitrogens with one attached hydrogen (secondary N) is 2. The average Bonchev–Trinajstić information content (AvgIpc) is 2.85. The lowest BCUT2D eigenvalue weighted by Crippen LogP contribution is -2.50. The summed E-state index contributed by atoms with van der Waals surface area (Å²) in [5.41, 5.74) is -1.07. The van der Waals surface area contributed by atoms with Crippen molar-refractivity contribution in [3.8, 4) is 0 Å². The molecule has 1 saturated heterocycles. The van der Waals surface area contributed by atoms with Crippen molar-refractivity contribution in [1.29, 1.82) is 0 Å². The van der Waals surface area contributed by atoms with Gasteiger partial charge < -0.3 is 15.4 Å². The minimum Gasteiger partial charge on any atom is -0.383 e. The molecule has 20 heavy (non-hydrogen) atoms. The highest BCUT2D eigenvalue weighted by Gasteiger charge is 2.36. The molecule has 0 spiro atoms. The lowest BCUT2D eigenvalue weighted by atomic mass is 9.98. The monoisotopic (exact) mass is 289 g/mol. The second kappa shape index (κ2) is 5.97. The Morgan fingerprint density at radius 2 is 2.30 bits per heavy atom. The molecule has 2 N–H and O–H groups in total. The van der Waals surface area contributed by atoms with E-state index in [2.05, 4.69) is 15.6 Å². The van der Waals surface area contributed by atoms with E-state index in [9.17, 15) is 13.2 Å². The van der Waals surface area contributed by atoms with Gasteiger partial charge in [-0.25, -0.2) is 4.98 Å². The van der Waals surface area contributed by atoms with Crippen LogP contribution >= 0.6 is 0 Å². The van der Waals surface area contributed by atoms with E-state index in [0.717, 1.165) is 25.5 Å². The maximum absolute atomic E-state index is 12.9. The number of methoxy groups -OCH3 is 1. The summed E-state index contributed by atoms with van der Waals surface area (Å²) in [4.78, 5) is 3.80. The van der Waals surface area contributed by atoms with Crippen LogP contribution in [0.25, 0.3) is 0 Å². The summed E-state index contributed by atoms with van der Waals surface area (Å²) in [5.74, 6) is -0.135. The van der Waals surface area contributed by atoms with E-state index in [1.165, 1.54) is 12.3 Å². The first kappa shape index (κ1) is 15.1. The van der Waals surface area contributed by atoms with Gasteiger partial charge in [0.15, 0.2) is 0 Å². The number of pyridine rings is 1. The normalized spacial score (nSPS) is 23.0. The molecule has 1 aromatic heterocycles. The van der Waals surface area contributed by atoms with Crippen LogP contribution in [0.5, 0.6) is 0 Å². The smallest absolute Gasteiger partial charge is 0.383 e. The third kappa shape index (κ3) is 3.40. The van der Waals surface area contributed by atoms with Crippen molar-refractivity contribution in [3.05, 3.63) is 23.9 Å². The number of halogens is 3. The highest BCUT2D eigenvalue weighted by Crippen LogP contribution is 2.33. The zero-order valence-electron chi connectivity index (χ0n) is 11.3.